The fourth-order valence-electron chi connectivity index (χ4n) is 5.99. The highest BCUT2D eigenvalue weighted by Crippen LogP contribution is 2.29. The first-order valence-electron chi connectivity index (χ1n) is 15.6. The third-order valence-corrected chi connectivity index (χ3v) is 9.55. The van der Waals surface area contributed by atoms with Crippen LogP contribution in [0.4, 0.5) is 0 Å². The fourth-order valence-corrected chi connectivity index (χ4v) is 6.24. The van der Waals surface area contributed by atoms with Gasteiger partial charge in [0.25, 0.3) is 11.8 Å². The summed E-state index contributed by atoms with van der Waals surface area (Å²) >= 11 is 3.51. The fraction of sp³-hybridized carbons (Fsp3) is 0.250. The molecule has 5 aromatic rings. The number of hydrogen-bond acceptors (Lipinski definition) is 6. The number of imidazole rings is 1. The maximum absolute atomic E-state index is 14.2. The summed E-state index contributed by atoms with van der Waals surface area (Å²) in [6.45, 7) is 4.40. The van der Waals surface area contributed by atoms with Gasteiger partial charge in [0, 0.05) is 40.9 Å². The maximum Gasteiger partial charge on any atom is 0.333 e. The van der Waals surface area contributed by atoms with Crippen molar-refractivity contribution in [3.05, 3.63) is 128 Å². The molecule has 47 heavy (non-hydrogen) atoms. The molecule has 1 saturated carbocycles. The number of ether oxygens (including phenoxy) is 1. The lowest BCUT2D eigenvalue weighted by atomic mass is 10.0. The number of aryl methyl sites for hydroxylation is 1. The first kappa shape index (κ1) is 30.6. The molecule has 1 unspecified atom stereocenters. The van der Waals surface area contributed by atoms with Crippen LogP contribution in [0.2, 0.25) is 0 Å². The number of amides is 2. The van der Waals surface area contributed by atoms with Crippen LogP contribution in [0, 0.1) is 6.92 Å². The number of aromatic nitrogens is 4. The van der Waals surface area contributed by atoms with E-state index in [1.165, 1.54) is 10.9 Å². The first-order valence-corrected chi connectivity index (χ1v) is 16.4. The van der Waals surface area contributed by atoms with E-state index in [-0.39, 0.29) is 49.1 Å². The van der Waals surface area contributed by atoms with Crippen molar-refractivity contribution in [1.29, 1.82) is 0 Å². The van der Waals surface area contributed by atoms with Crippen LogP contribution in [0.15, 0.2) is 94.6 Å². The number of halogens is 1. The molecule has 0 saturated heterocycles. The lowest BCUT2D eigenvalue weighted by Crippen LogP contribution is -2.47. The van der Waals surface area contributed by atoms with Crippen LogP contribution in [-0.2, 0) is 19.6 Å². The number of rotatable bonds is 8. The molecule has 1 N–H and O–H groups in total. The molecule has 2 amide bonds. The zero-order valence-corrected chi connectivity index (χ0v) is 27.6. The average Bonchev–Trinajstić information content (AvgIpc) is 3.87. The van der Waals surface area contributed by atoms with Crippen molar-refractivity contribution >= 4 is 27.7 Å². The van der Waals surface area contributed by atoms with E-state index in [1.807, 2.05) is 68.4 Å². The van der Waals surface area contributed by atoms with Crippen LogP contribution in [0.25, 0.3) is 16.9 Å². The molecule has 11 heteroatoms. The second-order valence-corrected chi connectivity index (χ2v) is 12.9. The Hall–Kier alpha value is -5.03. The third-order valence-electron chi connectivity index (χ3n) is 8.66. The lowest BCUT2D eigenvalue weighted by Gasteiger charge is -2.34. The molecule has 2 aliphatic rings. The van der Waals surface area contributed by atoms with Crippen molar-refractivity contribution < 1.29 is 14.3 Å². The van der Waals surface area contributed by atoms with Gasteiger partial charge in [-0.25, -0.2) is 14.8 Å². The largest absolute Gasteiger partial charge is 0.490 e. The minimum absolute atomic E-state index is 0.0977. The Balaban J connectivity index is 1.26. The van der Waals surface area contributed by atoms with Gasteiger partial charge >= 0.3 is 5.69 Å². The van der Waals surface area contributed by atoms with Crippen molar-refractivity contribution in [2.75, 3.05) is 0 Å². The summed E-state index contributed by atoms with van der Waals surface area (Å²) in [7, 11) is 0. The number of hydrogen-bond donors (Lipinski definition) is 1. The topological polar surface area (TPSA) is 111 Å². The standard InChI is InChI=1S/C36H33BrN6O4/c1-22-17-24(7-14-30(22)37)35(45)41-20-32-33(34(44)39-18-25-5-3-4-6-29(25)31-15-16-38-21-40-31)43(36(46)42(32)19-23(41)2)26-8-10-27(11-9-26)47-28-12-13-28/h3-11,14-17,21,23,28H,12-13,18-20H2,1-2H3,(H,39,44). The SMILES string of the molecule is Cc1cc(C(=O)N2Cc3c(C(=O)NCc4ccccc4-c4ccncn4)n(-c4ccc(OC5CC5)cc4)c(=O)n3CC2C)ccc1Br. The number of nitrogens with zero attached hydrogens (tertiary/aromatic N) is 5. The van der Waals surface area contributed by atoms with Gasteiger partial charge < -0.3 is 15.0 Å². The van der Waals surface area contributed by atoms with Crippen molar-refractivity contribution in [2.45, 2.75) is 58.5 Å². The molecule has 0 radical (unpaired) electrons. The summed E-state index contributed by atoms with van der Waals surface area (Å²) < 4.78 is 9.92. The van der Waals surface area contributed by atoms with Crippen molar-refractivity contribution in [2.24, 2.45) is 0 Å². The molecule has 3 heterocycles. The summed E-state index contributed by atoms with van der Waals surface area (Å²) in [5.74, 6) is 0.134. The minimum atomic E-state index is -0.423. The van der Waals surface area contributed by atoms with Gasteiger partial charge in [-0.3, -0.25) is 18.7 Å². The number of nitrogens with one attached hydrogen (secondary N) is 1. The van der Waals surface area contributed by atoms with Crippen LogP contribution >= 0.6 is 15.9 Å². The Morgan fingerprint density at radius 3 is 2.55 bits per heavy atom. The number of fused-ring (bicyclic) bond motifs is 1. The molecule has 1 atom stereocenters. The molecule has 238 valence electrons. The molecule has 3 aromatic carbocycles. The van der Waals surface area contributed by atoms with E-state index in [2.05, 4.69) is 31.2 Å². The van der Waals surface area contributed by atoms with E-state index in [4.69, 9.17) is 4.74 Å². The van der Waals surface area contributed by atoms with Crippen molar-refractivity contribution in [1.82, 2.24) is 29.3 Å². The van der Waals surface area contributed by atoms with Gasteiger partial charge in [-0.1, -0.05) is 40.2 Å². The summed E-state index contributed by atoms with van der Waals surface area (Å²) in [6.07, 6.45) is 5.46. The van der Waals surface area contributed by atoms with Gasteiger partial charge in [0.2, 0.25) is 0 Å². The molecule has 0 spiro atoms. The molecule has 2 aromatic heterocycles. The Labute approximate surface area is 280 Å². The van der Waals surface area contributed by atoms with Gasteiger partial charge in [-0.2, -0.15) is 0 Å². The Bertz CT molecular complexity index is 2040. The smallest absolute Gasteiger partial charge is 0.333 e. The van der Waals surface area contributed by atoms with E-state index in [1.54, 1.807) is 33.9 Å². The van der Waals surface area contributed by atoms with Crippen LogP contribution in [-0.4, -0.2) is 48.0 Å². The average molecular weight is 694 g/mol. The predicted octanol–water partition coefficient (Wildman–Crippen LogP) is 5.68. The summed E-state index contributed by atoms with van der Waals surface area (Å²) in [5.41, 5.74) is 4.85. The zero-order valence-electron chi connectivity index (χ0n) is 26.0. The minimum Gasteiger partial charge on any atom is -0.490 e. The van der Waals surface area contributed by atoms with E-state index >= 15 is 0 Å². The highest BCUT2D eigenvalue weighted by Gasteiger charge is 2.35. The van der Waals surface area contributed by atoms with Crippen LogP contribution in [0.5, 0.6) is 5.75 Å². The Kier molecular flexibility index (Phi) is 8.23. The quantitative estimate of drug-likeness (QED) is 0.224. The number of carbonyl (C=O) groups excluding carboxylic acids is 2. The van der Waals surface area contributed by atoms with Crippen molar-refractivity contribution in [3.63, 3.8) is 0 Å². The first-order chi connectivity index (χ1) is 22.8. The molecule has 7 rings (SSSR count). The summed E-state index contributed by atoms with van der Waals surface area (Å²) in [6, 6.07) is 22.0. The van der Waals surface area contributed by atoms with Crippen LogP contribution < -0.4 is 15.7 Å². The Morgan fingerprint density at radius 2 is 1.83 bits per heavy atom. The highest BCUT2D eigenvalue weighted by molar-refractivity contribution is 9.10. The van der Waals surface area contributed by atoms with Crippen LogP contribution in [0.3, 0.4) is 0 Å². The zero-order chi connectivity index (χ0) is 32.7. The lowest BCUT2D eigenvalue weighted by molar-refractivity contribution is 0.0610. The normalized spacial score (nSPS) is 15.6. The molecule has 0 bridgehead atoms. The van der Waals surface area contributed by atoms with Crippen LogP contribution in [0.1, 0.15) is 57.4 Å². The second kappa shape index (κ2) is 12.6. The van der Waals surface area contributed by atoms with E-state index in [0.29, 0.717) is 16.9 Å². The third kappa shape index (κ3) is 6.10. The van der Waals surface area contributed by atoms with E-state index in [9.17, 15) is 14.4 Å². The van der Waals surface area contributed by atoms with Gasteiger partial charge in [-0.05, 0) is 86.3 Å². The summed E-state index contributed by atoms with van der Waals surface area (Å²) in [4.78, 5) is 52.3. The van der Waals surface area contributed by atoms with Gasteiger partial charge in [0.05, 0.1) is 29.7 Å². The monoisotopic (exact) mass is 692 g/mol. The second-order valence-electron chi connectivity index (χ2n) is 12.0. The summed E-state index contributed by atoms with van der Waals surface area (Å²) in [5, 5.41) is 3.06. The predicted molar refractivity (Wildman–Crippen MR) is 181 cm³/mol. The van der Waals surface area contributed by atoms with E-state index in [0.717, 1.165) is 45.4 Å². The number of benzene rings is 3. The molecule has 1 fully saturated rings. The molecule has 1 aliphatic carbocycles. The highest BCUT2D eigenvalue weighted by atomic mass is 79.9. The molecule has 1 aliphatic heterocycles. The van der Waals surface area contributed by atoms with Gasteiger partial charge in [0.15, 0.2) is 0 Å². The van der Waals surface area contributed by atoms with Gasteiger partial charge in [-0.15, -0.1) is 0 Å². The maximum atomic E-state index is 14.2. The number of carbonyl (C=O) groups is 2. The molecular formula is C36H33BrN6O4. The van der Waals surface area contributed by atoms with E-state index < -0.39 is 5.91 Å². The molecular weight excluding hydrogens is 660 g/mol. The Morgan fingerprint density at radius 1 is 1.04 bits per heavy atom. The van der Waals surface area contributed by atoms with Crippen molar-refractivity contribution in [3.8, 4) is 22.7 Å². The molecule has 10 nitrogen and oxygen atoms in total. The van der Waals surface area contributed by atoms with Gasteiger partial charge in [0.1, 0.15) is 17.8 Å².